The molecule has 0 rings (SSSR count). The Morgan fingerprint density at radius 1 is 1.55 bits per heavy atom. The highest BCUT2D eigenvalue weighted by Gasteiger charge is 2.15. The van der Waals surface area contributed by atoms with E-state index in [4.69, 9.17) is 0 Å². The van der Waals surface area contributed by atoms with Crippen molar-refractivity contribution < 1.29 is 9.00 Å². The van der Waals surface area contributed by atoms with Gasteiger partial charge in [-0.2, -0.15) is 0 Å². The van der Waals surface area contributed by atoms with Crippen molar-refractivity contribution in [3.05, 3.63) is 0 Å². The Morgan fingerprint density at radius 2 is 2.00 bits per heavy atom. The Hall–Kier alpha value is -0.380. The first kappa shape index (κ1) is 10.6. The van der Waals surface area contributed by atoms with Gasteiger partial charge in [0, 0.05) is 42.8 Å². The SMILES string of the molecule is CC(CS(C)=O)C(=O)N(C)C. The van der Waals surface area contributed by atoms with E-state index in [0.717, 1.165) is 0 Å². The summed E-state index contributed by atoms with van der Waals surface area (Å²) in [4.78, 5) is 12.7. The van der Waals surface area contributed by atoms with Crippen molar-refractivity contribution in [3.63, 3.8) is 0 Å². The molecule has 0 aliphatic carbocycles. The highest BCUT2D eigenvalue weighted by atomic mass is 32.2. The second-order valence-electron chi connectivity index (χ2n) is 2.87. The third-order valence-corrected chi connectivity index (χ3v) is 2.32. The van der Waals surface area contributed by atoms with Gasteiger partial charge >= 0.3 is 0 Å². The molecule has 0 fully saturated rings. The van der Waals surface area contributed by atoms with Crippen LogP contribution in [0.15, 0.2) is 0 Å². The second kappa shape index (κ2) is 4.49. The summed E-state index contributed by atoms with van der Waals surface area (Å²) < 4.78 is 10.7. The van der Waals surface area contributed by atoms with Crippen molar-refractivity contribution in [2.24, 2.45) is 5.92 Å². The van der Waals surface area contributed by atoms with Crippen LogP contribution in [0, 0.1) is 5.92 Å². The Kier molecular flexibility index (Phi) is 4.33. The number of amides is 1. The van der Waals surface area contributed by atoms with E-state index in [-0.39, 0.29) is 11.8 Å². The van der Waals surface area contributed by atoms with Crippen LogP contribution in [-0.2, 0) is 15.6 Å². The fourth-order valence-corrected chi connectivity index (χ4v) is 1.71. The Labute approximate surface area is 70.2 Å². The molecular formula is C7H15NO2S. The van der Waals surface area contributed by atoms with Gasteiger partial charge in [-0.1, -0.05) is 6.92 Å². The average molecular weight is 177 g/mol. The zero-order valence-electron chi connectivity index (χ0n) is 7.46. The lowest BCUT2D eigenvalue weighted by atomic mass is 10.2. The maximum Gasteiger partial charge on any atom is 0.225 e. The minimum Gasteiger partial charge on any atom is -0.349 e. The van der Waals surface area contributed by atoms with Crippen LogP contribution in [0.3, 0.4) is 0 Å². The molecule has 0 saturated carbocycles. The monoisotopic (exact) mass is 177 g/mol. The molecule has 0 radical (unpaired) electrons. The molecule has 2 atom stereocenters. The third-order valence-electron chi connectivity index (χ3n) is 1.35. The molecule has 0 aromatic carbocycles. The molecule has 0 N–H and O–H groups in total. The summed E-state index contributed by atoms with van der Waals surface area (Å²) in [6, 6.07) is 0. The Morgan fingerprint density at radius 3 is 2.27 bits per heavy atom. The minimum absolute atomic E-state index is 0.0419. The summed E-state index contributed by atoms with van der Waals surface area (Å²) in [5.41, 5.74) is 0. The molecule has 0 spiro atoms. The van der Waals surface area contributed by atoms with Crippen LogP contribution >= 0.6 is 0 Å². The summed E-state index contributed by atoms with van der Waals surface area (Å²) in [5.74, 6) is 0.368. The van der Waals surface area contributed by atoms with Crippen LogP contribution in [-0.4, -0.2) is 41.1 Å². The molecule has 0 bridgehead atoms. The van der Waals surface area contributed by atoms with E-state index in [1.165, 1.54) is 4.90 Å². The van der Waals surface area contributed by atoms with E-state index < -0.39 is 10.8 Å². The third kappa shape index (κ3) is 4.14. The van der Waals surface area contributed by atoms with E-state index in [0.29, 0.717) is 5.75 Å². The average Bonchev–Trinajstić information content (AvgIpc) is 1.84. The fraction of sp³-hybridized carbons (Fsp3) is 0.857. The first-order valence-electron chi connectivity index (χ1n) is 3.46. The smallest absolute Gasteiger partial charge is 0.225 e. The van der Waals surface area contributed by atoms with Crippen molar-refractivity contribution in [2.45, 2.75) is 6.92 Å². The van der Waals surface area contributed by atoms with Crippen molar-refractivity contribution >= 4 is 16.7 Å². The van der Waals surface area contributed by atoms with E-state index in [1.54, 1.807) is 27.3 Å². The number of carbonyl (C=O) groups excluding carboxylic acids is 1. The summed E-state index contributed by atoms with van der Waals surface area (Å²) in [6.07, 6.45) is 1.61. The maximum atomic E-state index is 11.2. The standard InChI is InChI=1S/C7H15NO2S/c1-6(5-11(4)10)7(9)8(2)3/h6H,5H2,1-4H3. The van der Waals surface area contributed by atoms with E-state index in [1.807, 2.05) is 0 Å². The lowest BCUT2D eigenvalue weighted by Gasteiger charge is -2.15. The number of hydrogen-bond acceptors (Lipinski definition) is 2. The molecule has 0 aromatic heterocycles. The van der Waals surface area contributed by atoms with Crippen molar-refractivity contribution in [3.8, 4) is 0 Å². The molecule has 0 heterocycles. The van der Waals surface area contributed by atoms with Crippen LogP contribution in [0.4, 0.5) is 0 Å². The van der Waals surface area contributed by atoms with Gasteiger partial charge in [-0.05, 0) is 0 Å². The van der Waals surface area contributed by atoms with Crippen molar-refractivity contribution in [2.75, 3.05) is 26.1 Å². The zero-order chi connectivity index (χ0) is 9.02. The highest BCUT2D eigenvalue weighted by Crippen LogP contribution is 2.00. The summed E-state index contributed by atoms with van der Waals surface area (Å²) >= 11 is 0. The molecule has 0 aliphatic heterocycles. The number of hydrogen-bond donors (Lipinski definition) is 0. The van der Waals surface area contributed by atoms with Gasteiger partial charge in [-0.3, -0.25) is 9.00 Å². The lowest BCUT2D eigenvalue weighted by molar-refractivity contribution is -0.131. The van der Waals surface area contributed by atoms with Gasteiger partial charge in [0.15, 0.2) is 0 Å². The van der Waals surface area contributed by atoms with Gasteiger partial charge in [0.1, 0.15) is 0 Å². The predicted octanol–water partition coefficient (Wildman–Crippen LogP) is 0.0892. The van der Waals surface area contributed by atoms with Crippen LogP contribution in [0.25, 0.3) is 0 Å². The van der Waals surface area contributed by atoms with Crippen molar-refractivity contribution in [1.29, 1.82) is 0 Å². The molecular weight excluding hydrogens is 162 g/mol. The van der Waals surface area contributed by atoms with Gasteiger partial charge < -0.3 is 4.90 Å². The Balaban J connectivity index is 3.93. The van der Waals surface area contributed by atoms with Gasteiger partial charge in [0.05, 0.1) is 0 Å². The van der Waals surface area contributed by atoms with Crippen LogP contribution < -0.4 is 0 Å². The van der Waals surface area contributed by atoms with E-state index in [9.17, 15) is 9.00 Å². The van der Waals surface area contributed by atoms with Crippen LogP contribution in [0.5, 0.6) is 0 Å². The first-order valence-corrected chi connectivity index (χ1v) is 5.19. The van der Waals surface area contributed by atoms with E-state index in [2.05, 4.69) is 0 Å². The van der Waals surface area contributed by atoms with Gasteiger partial charge in [0.25, 0.3) is 0 Å². The predicted molar refractivity (Wildman–Crippen MR) is 46.8 cm³/mol. The maximum absolute atomic E-state index is 11.2. The molecule has 4 heteroatoms. The van der Waals surface area contributed by atoms with Crippen LogP contribution in [0.2, 0.25) is 0 Å². The van der Waals surface area contributed by atoms with E-state index >= 15 is 0 Å². The normalized spacial score (nSPS) is 15.6. The summed E-state index contributed by atoms with van der Waals surface area (Å²) in [6.45, 7) is 1.80. The van der Waals surface area contributed by atoms with Crippen molar-refractivity contribution in [1.82, 2.24) is 4.90 Å². The highest BCUT2D eigenvalue weighted by molar-refractivity contribution is 7.84. The molecule has 2 unspecified atom stereocenters. The quantitative estimate of drug-likeness (QED) is 0.612. The topological polar surface area (TPSA) is 37.4 Å². The first-order chi connectivity index (χ1) is 4.95. The summed E-state index contributed by atoms with van der Waals surface area (Å²) in [5, 5.41) is 0. The molecule has 0 saturated heterocycles. The number of nitrogens with zero attached hydrogens (tertiary/aromatic N) is 1. The molecule has 11 heavy (non-hydrogen) atoms. The molecule has 1 amide bonds. The molecule has 3 nitrogen and oxygen atoms in total. The molecule has 66 valence electrons. The fourth-order valence-electron chi connectivity index (χ4n) is 0.864. The number of carbonyl (C=O) groups is 1. The van der Waals surface area contributed by atoms with Gasteiger partial charge in [-0.15, -0.1) is 0 Å². The summed E-state index contributed by atoms with van der Waals surface area (Å²) in [7, 11) is 2.53. The number of rotatable bonds is 3. The largest absolute Gasteiger partial charge is 0.349 e. The van der Waals surface area contributed by atoms with Crippen LogP contribution in [0.1, 0.15) is 6.92 Å². The molecule has 0 aromatic rings. The molecule has 0 aliphatic rings. The lowest BCUT2D eigenvalue weighted by Crippen LogP contribution is -2.30. The van der Waals surface area contributed by atoms with Gasteiger partial charge in [-0.25, -0.2) is 0 Å². The minimum atomic E-state index is -0.880. The Bertz CT molecular complexity index is 168. The second-order valence-corrected chi connectivity index (χ2v) is 4.35. The van der Waals surface area contributed by atoms with Gasteiger partial charge in [0.2, 0.25) is 5.91 Å². The zero-order valence-corrected chi connectivity index (χ0v) is 8.27.